The molecule has 0 radical (unpaired) electrons. The van der Waals surface area contributed by atoms with Crippen molar-refractivity contribution in [3.63, 3.8) is 0 Å². The maximum Gasteiger partial charge on any atom is 0.238 e. The summed E-state index contributed by atoms with van der Waals surface area (Å²) < 4.78 is 5.28. The molecule has 0 aliphatic carbocycles. The molecule has 0 fully saturated rings. The van der Waals surface area contributed by atoms with Crippen molar-refractivity contribution in [2.24, 2.45) is 0 Å². The quantitative estimate of drug-likeness (QED) is 0.716. The number of carbonyl (C=O) groups is 2. The minimum atomic E-state index is -0.157. The number of rotatable bonds is 8. The number of nitrogens with zero attached hydrogens (tertiary/aromatic N) is 2. The molecule has 1 N–H and O–H groups in total. The predicted molar refractivity (Wildman–Crippen MR) is 117 cm³/mol. The Kier molecular flexibility index (Phi) is 7.28. The van der Waals surface area contributed by atoms with Gasteiger partial charge < -0.3 is 15.0 Å². The lowest BCUT2D eigenvalue weighted by Crippen LogP contribution is -2.46. The second-order valence-electron chi connectivity index (χ2n) is 7.11. The third-order valence-corrected chi connectivity index (χ3v) is 6.35. The molecule has 1 atom stereocenters. The van der Waals surface area contributed by atoms with Crippen molar-refractivity contribution in [2.45, 2.75) is 32.7 Å². The van der Waals surface area contributed by atoms with E-state index in [1.807, 2.05) is 28.9 Å². The molecular formula is C22H29N3O3S. The number of hydrogen-bond acceptors (Lipinski definition) is 5. The number of nitrogens with one attached hydrogen (secondary N) is 1. The lowest BCUT2D eigenvalue weighted by atomic mass is 9.97. The number of anilines is 1. The Morgan fingerprint density at radius 1 is 1.24 bits per heavy atom. The van der Waals surface area contributed by atoms with Crippen molar-refractivity contribution in [3.05, 3.63) is 46.2 Å². The van der Waals surface area contributed by atoms with Crippen LogP contribution in [0.2, 0.25) is 0 Å². The van der Waals surface area contributed by atoms with Gasteiger partial charge in [0.15, 0.2) is 0 Å². The summed E-state index contributed by atoms with van der Waals surface area (Å²) in [5, 5.41) is 4.99. The molecule has 6 nitrogen and oxygen atoms in total. The summed E-state index contributed by atoms with van der Waals surface area (Å²) in [5.74, 6) is 0.543. The van der Waals surface area contributed by atoms with E-state index in [0.29, 0.717) is 18.0 Å². The molecular weight excluding hydrogens is 386 g/mol. The van der Waals surface area contributed by atoms with Gasteiger partial charge in [-0.2, -0.15) is 0 Å². The zero-order valence-electron chi connectivity index (χ0n) is 17.3. The third kappa shape index (κ3) is 4.97. The molecule has 0 spiro atoms. The monoisotopic (exact) mass is 415 g/mol. The fraction of sp³-hybridized carbons (Fsp3) is 0.455. The molecule has 1 aromatic carbocycles. The number of fused-ring (bicyclic) bond motifs is 1. The van der Waals surface area contributed by atoms with Crippen LogP contribution in [0.5, 0.6) is 5.75 Å². The Bertz CT molecular complexity index is 851. The van der Waals surface area contributed by atoms with Gasteiger partial charge in [0.2, 0.25) is 11.8 Å². The highest BCUT2D eigenvalue weighted by molar-refractivity contribution is 7.10. The topological polar surface area (TPSA) is 61.9 Å². The highest BCUT2D eigenvalue weighted by atomic mass is 32.1. The van der Waals surface area contributed by atoms with E-state index in [0.717, 1.165) is 19.4 Å². The van der Waals surface area contributed by atoms with Crippen molar-refractivity contribution in [1.82, 2.24) is 9.80 Å². The summed E-state index contributed by atoms with van der Waals surface area (Å²) in [6, 6.07) is 9.59. The maximum absolute atomic E-state index is 13.0. The average Bonchev–Trinajstić information content (AvgIpc) is 3.21. The number of methoxy groups -OCH3 is 1. The van der Waals surface area contributed by atoms with E-state index in [4.69, 9.17) is 4.74 Å². The van der Waals surface area contributed by atoms with Crippen molar-refractivity contribution in [1.29, 1.82) is 0 Å². The molecule has 2 amide bonds. The average molecular weight is 416 g/mol. The number of para-hydroxylation sites is 2. The van der Waals surface area contributed by atoms with E-state index >= 15 is 0 Å². The number of thiophene rings is 1. The Morgan fingerprint density at radius 2 is 2.03 bits per heavy atom. The first-order valence-electron chi connectivity index (χ1n) is 10.1. The number of amides is 2. The SMILES string of the molecule is CCC1c2ccsc2CCN1C(=O)CN(CC)CC(=O)Nc1ccccc1OC. The van der Waals surface area contributed by atoms with Gasteiger partial charge >= 0.3 is 0 Å². The van der Waals surface area contributed by atoms with E-state index in [-0.39, 0.29) is 30.9 Å². The lowest BCUT2D eigenvalue weighted by Gasteiger charge is -2.36. The molecule has 2 aromatic rings. The summed E-state index contributed by atoms with van der Waals surface area (Å²) in [6.45, 7) is 5.86. The van der Waals surface area contributed by atoms with Crippen LogP contribution in [0.25, 0.3) is 0 Å². The van der Waals surface area contributed by atoms with Crippen molar-refractivity contribution >= 4 is 28.8 Å². The molecule has 0 bridgehead atoms. The maximum atomic E-state index is 13.0. The second kappa shape index (κ2) is 9.89. The molecule has 1 aliphatic rings. The normalized spacial score (nSPS) is 15.9. The van der Waals surface area contributed by atoms with Crippen molar-refractivity contribution < 1.29 is 14.3 Å². The summed E-state index contributed by atoms with van der Waals surface area (Å²) in [6.07, 6.45) is 1.81. The molecule has 0 saturated carbocycles. The number of ether oxygens (including phenoxy) is 1. The lowest BCUT2D eigenvalue weighted by molar-refractivity contribution is -0.135. The molecule has 1 unspecified atom stereocenters. The first-order chi connectivity index (χ1) is 14.1. The summed E-state index contributed by atoms with van der Waals surface area (Å²) >= 11 is 1.78. The molecule has 1 aliphatic heterocycles. The first-order valence-corrected chi connectivity index (χ1v) is 11.0. The predicted octanol–water partition coefficient (Wildman–Crippen LogP) is 3.55. The summed E-state index contributed by atoms with van der Waals surface area (Å²) in [7, 11) is 1.57. The number of carbonyl (C=O) groups excluding carboxylic acids is 2. The van der Waals surface area contributed by atoms with Crippen molar-refractivity contribution in [3.8, 4) is 5.75 Å². The van der Waals surface area contributed by atoms with Crippen molar-refractivity contribution in [2.75, 3.05) is 38.6 Å². The van der Waals surface area contributed by atoms with E-state index < -0.39 is 0 Å². The second-order valence-corrected chi connectivity index (χ2v) is 8.11. The van der Waals surface area contributed by atoms with E-state index in [9.17, 15) is 9.59 Å². The summed E-state index contributed by atoms with van der Waals surface area (Å²) in [5.41, 5.74) is 1.92. The van der Waals surface area contributed by atoms with E-state index in [1.165, 1.54) is 10.4 Å². The largest absolute Gasteiger partial charge is 0.495 e. The molecule has 1 aromatic heterocycles. The van der Waals surface area contributed by atoms with Crippen LogP contribution >= 0.6 is 11.3 Å². The zero-order chi connectivity index (χ0) is 20.8. The highest BCUT2D eigenvalue weighted by Crippen LogP contribution is 2.35. The Morgan fingerprint density at radius 3 is 2.76 bits per heavy atom. The highest BCUT2D eigenvalue weighted by Gasteiger charge is 2.31. The molecule has 0 saturated heterocycles. The van der Waals surface area contributed by atoms with E-state index in [2.05, 4.69) is 23.7 Å². The number of benzene rings is 1. The van der Waals surface area contributed by atoms with Gasteiger partial charge in [-0.3, -0.25) is 14.5 Å². The van der Waals surface area contributed by atoms with Gasteiger partial charge in [-0.1, -0.05) is 26.0 Å². The Balaban J connectivity index is 1.60. The Labute approximate surface area is 176 Å². The van der Waals surface area contributed by atoms with E-state index in [1.54, 1.807) is 30.6 Å². The third-order valence-electron chi connectivity index (χ3n) is 5.36. The smallest absolute Gasteiger partial charge is 0.238 e. The van der Waals surface area contributed by atoms with Crippen LogP contribution in [0.1, 0.15) is 36.8 Å². The number of likely N-dealkylation sites (N-methyl/N-ethyl adjacent to an activating group) is 1. The molecule has 2 heterocycles. The molecule has 3 rings (SSSR count). The minimum absolute atomic E-state index is 0.0839. The molecule has 7 heteroatoms. The van der Waals surface area contributed by atoms with Crippen LogP contribution in [0.3, 0.4) is 0 Å². The van der Waals surface area contributed by atoms with Gasteiger partial charge in [0.25, 0.3) is 0 Å². The van der Waals surface area contributed by atoms with Gasteiger partial charge in [0, 0.05) is 11.4 Å². The zero-order valence-corrected chi connectivity index (χ0v) is 18.1. The summed E-state index contributed by atoms with van der Waals surface area (Å²) in [4.78, 5) is 30.8. The van der Waals surface area contributed by atoms with Gasteiger partial charge in [-0.25, -0.2) is 0 Å². The number of hydrogen-bond donors (Lipinski definition) is 1. The first kappa shape index (κ1) is 21.3. The van der Waals surface area contributed by atoms with Gasteiger partial charge in [-0.05, 0) is 48.5 Å². The Hall–Kier alpha value is -2.38. The fourth-order valence-electron chi connectivity index (χ4n) is 3.84. The van der Waals surface area contributed by atoms with Crippen LogP contribution in [0.15, 0.2) is 35.7 Å². The van der Waals surface area contributed by atoms with Crippen LogP contribution in [-0.4, -0.2) is 54.9 Å². The molecule has 29 heavy (non-hydrogen) atoms. The molecule has 156 valence electrons. The standard InChI is InChI=1S/C22H29N3O3S/c1-4-18-16-11-13-29-20(16)10-12-25(18)22(27)15-24(5-2)14-21(26)23-17-8-6-7-9-19(17)28-3/h6-9,11,13,18H,4-5,10,12,14-15H2,1-3H3,(H,23,26). The van der Waals surface area contributed by atoms with Crippen LogP contribution in [0, 0.1) is 0 Å². The van der Waals surface area contributed by atoms with Gasteiger partial charge in [0.05, 0.1) is 31.9 Å². The minimum Gasteiger partial charge on any atom is -0.495 e. The van der Waals surface area contributed by atoms with Gasteiger partial charge in [0.1, 0.15) is 5.75 Å². The van der Waals surface area contributed by atoms with Crippen LogP contribution in [-0.2, 0) is 16.0 Å². The van der Waals surface area contributed by atoms with Crippen LogP contribution in [0.4, 0.5) is 5.69 Å². The van der Waals surface area contributed by atoms with Crippen LogP contribution < -0.4 is 10.1 Å². The van der Waals surface area contributed by atoms with Gasteiger partial charge in [-0.15, -0.1) is 11.3 Å². The fourth-order valence-corrected chi connectivity index (χ4v) is 4.77.